The first-order valence-electron chi connectivity index (χ1n) is 7.15. The predicted octanol–water partition coefficient (Wildman–Crippen LogP) is 3.29. The van der Waals surface area contributed by atoms with E-state index in [9.17, 15) is 0 Å². The Bertz CT molecular complexity index is 557. The van der Waals surface area contributed by atoms with Crippen molar-refractivity contribution in [2.45, 2.75) is 33.2 Å². The van der Waals surface area contributed by atoms with Crippen LogP contribution in [0.5, 0.6) is 0 Å². The van der Waals surface area contributed by atoms with Crippen molar-refractivity contribution in [2.24, 2.45) is 5.92 Å². The molecule has 0 radical (unpaired) electrons. The van der Waals surface area contributed by atoms with Gasteiger partial charge >= 0.3 is 0 Å². The van der Waals surface area contributed by atoms with E-state index in [1.54, 1.807) is 0 Å². The van der Waals surface area contributed by atoms with Crippen molar-refractivity contribution >= 4 is 0 Å². The van der Waals surface area contributed by atoms with Crippen molar-refractivity contribution in [2.75, 3.05) is 14.1 Å². The third-order valence-electron chi connectivity index (χ3n) is 3.54. The summed E-state index contributed by atoms with van der Waals surface area (Å²) < 4.78 is 0. The van der Waals surface area contributed by atoms with Crippen LogP contribution < -0.4 is 0 Å². The summed E-state index contributed by atoms with van der Waals surface area (Å²) in [7, 11) is 4.18. The van der Waals surface area contributed by atoms with Gasteiger partial charge in [-0.05, 0) is 38.6 Å². The molecule has 1 aromatic carbocycles. The molecule has 0 fully saturated rings. The summed E-state index contributed by atoms with van der Waals surface area (Å²) in [6.07, 6.45) is 0.931. The van der Waals surface area contributed by atoms with Crippen molar-refractivity contribution in [3.05, 3.63) is 35.7 Å². The third-order valence-corrected chi connectivity index (χ3v) is 3.54. The molecule has 108 valence electrons. The molecule has 0 bridgehead atoms. The number of nitrogens with zero attached hydrogens (tertiary/aromatic N) is 3. The van der Waals surface area contributed by atoms with Crippen LogP contribution in [-0.2, 0) is 6.42 Å². The standard InChI is InChI=1S/C16H24N4/c1-11(2)9-15-17-16(19-18-15)14-8-6-7-13(10-14)12(3)20(4)5/h6-8,10-12H,9H2,1-5H3,(H,17,18,19). The zero-order valence-electron chi connectivity index (χ0n) is 13.0. The molecule has 1 heterocycles. The monoisotopic (exact) mass is 272 g/mol. The highest BCUT2D eigenvalue weighted by Gasteiger charge is 2.11. The molecule has 0 spiro atoms. The molecule has 20 heavy (non-hydrogen) atoms. The van der Waals surface area contributed by atoms with E-state index in [1.807, 2.05) is 0 Å². The molecule has 1 unspecified atom stereocenters. The maximum absolute atomic E-state index is 4.59. The number of aromatic nitrogens is 3. The van der Waals surface area contributed by atoms with Gasteiger partial charge in [0.15, 0.2) is 5.82 Å². The average molecular weight is 272 g/mol. The number of H-pyrrole nitrogens is 1. The minimum Gasteiger partial charge on any atom is -0.303 e. The van der Waals surface area contributed by atoms with E-state index < -0.39 is 0 Å². The Balaban J connectivity index is 2.24. The van der Waals surface area contributed by atoms with Gasteiger partial charge in [-0.2, -0.15) is 5.10 Å². The van der Waals surface area contributed by atoms with E-state index in [0.717, 1.165) is 23.6 Å². The van der Waals surface area contributed by atoms with Crippen LogP contribution in [0.25, 0.3) is 11.4 Å². The fourth-order valence-electron chi connectivity index (χ4n) is 2.14. The predicted molar refractivity (Wildman–Crippen MR) is 82.5 cm³/mol. The van der Waals surface area contributed by atoms with Gasteiger partial charge in [0.2, 0.25) is 0 Å². The molecular weight excluding hydrogens is 248 g/mol. The Hall–Kier alpha value is -1.68. The molecular formula is C16H24N4. The molecule has 2 aromatic rings. The lowest BCUT2D eigenvalue weighted by Crippen LogP contribution is -2.16. The van der Waals surface area contributed by atoms with Crippen LogP contribution in [0, 0.1) is 5.92 Å². The number of benzene rings is 1. The van der Waals surface area contributed by atoms with E-state index >= 15 is 0 Å². The van der Waals surface area contributed by atoms with Gasteiger partial charge in [0.1, 0.15) is 5.82 Å². The van der Waals surface area contributed by atoms with Crippen molar-refractivity contribution in [3.63, 3.8) is 0 Å². The van der Waals surface area contributed by atoms with Crippen molar-refractivity contribution in [1.82, 2.24) is 20.1 Å². The van der Waals surface area contributed by atoms with Crippen LogP contribution in [0.4, 0.5) is 0 Å². The number of aromatic amines is 1. The highest BCUT2D eigenvalue weighted by Crippen LogP contribution is 2.23. The van der Waals surface area contributed by atoms with Crippen LogP contribution in [0.1, 0.15) is 38.2 Å². The molecule has 0 aliphatic rings. The van der Waals surface area contributed by atoms with Gasteiger partial charge in [0, 0.05) is 18.0 Å². The maximum Gasteiger partial charge on any atom is 0.181 e. The Labute approximate surface area is 121 Å². The number of rotatable bonds is 5. The van der Waals surface area contributed by atoms with Gasteiger partial charge in [0.25, 0.3) is 0 Å². The first-order chi connectivity index (χ1) is 9.47. The smallest absolute Gasteiger partial charge is 0.181 e. The molecule has 0 saturated carbocycles. The molecule has 0 amide bonds. The molecule has 0 aliphatic carbocycles. The van der Waals surface area contributed by atoms with Crippen molar-refractivity contribution in [3.8, 4) is 11.4 Å². The first kappa shape index (κ1) is 14.7. The molecule has 4 heteroatoms. The summed E-state index contributed by atoms with van der Waals surface area (Å²) in [6, 6.07) is 8.84. The SMILES string of the molecule is CC(C)Cc1nc(-c2cccc(C(C)N(C)C)c2)n[nH]1. The lowest BCUT2D eigenvalue weighted by molar-refractivity contribution is 0.321. The number of hydrogen-bond donors (Lipinski definition) is 1. The fourth-order valence-corrected chi connectivity index (χ4v) is 2.14. The molecule has 0 saturated heterocycles. The molecule has 4 nitrogen and oxygen atoms in total. The molecule has 0 aliphatic heterocycles. The fraction of sp³-hybridized carbons (Fsp3) is 0.500. The largest absolute Gasteiger partial charge is 0.303 e. The van der Waals surface area contributed by atoms with Gasteiger partial charge in [-0.3, -0.25) is 5.10 Å². The lowest BCUT2D eigenvalue weighted by atomic mass is 10.0. The van der Waals surface area contributed by atoms with E-state index in [1.165, 1.54) is 5.56 Å². The van der Waals surface area contributed by atoms with E-state index in [-0.39, 0.29) is 0 Å². The van der Waals surface area contributed by atoms with Gasteiger partial charge in [-0.1, -0.05) is 32.0 Å². The highest BCUT2D eigenvalue weighted by atomic mass is 15.2. The quantitative estimate of drug-likeness (QED) is 0.908. The number of nitrogens with one attached hydrogen (secondary N) is 1. The average Bonchev–Trinajstić information content (AvgIpc) is 2.85. The molecule has 1 N–H and O–H groups in total. The molecule has 1 aromatic heterocycles. The summed E-state index contributed by atoms with van der Waals surface area (Å²) >= 11 is 0. The first-order valence-corrected chi connectivity index (χ1v) is 7.15. The highest BCUT2D eigenvalue weighted by molar-refractivity contribution is 5.56. The third kappa shape index (κ3) is 3.45. The van der Waals surface area contributed by atoms with Crippen LogP contribution in [-0.4, -0.2) is 34.2 Å². The van der Waals surface area contributed by atoms with Crippen LogP contribution >= 0.6 is 0 Å². The van der Waals surface area contributed by atoms with E-state index in [2.05, 4.69) is 79.2 Å². The normalized spacial score (nSPS) is 13.2. The Morgan fingerprint density at radius 1 is 1.20 bits per heavy atom. The van der Waals surface area contributed by atoms with E-state index in [4.69, 9.17) is 0 Å². The van der Waals surface area contributed by atoms with Gasteiger partial charge in [-0.25, -0.2) is 4.98 Å². The Kier molecular flexibility index (Phi) is 4.55. The van der Waals surface area contributed by atoms with Gasteiger partial charge < -0.3 is 4.90 Å². The summed E-state index contributed by atoms with van der Waals surface area (Å²) in [5, 5.41) is 7.37. The van der Waals surface area contributed by atoms with Gasteiger partial charge in [-0.15, -0.1) is 0 Å². The summed E-state index contributed by atoms with van der Waals surface area (Å²) in [5.41, 5.74) is 2.35. The Morgan fingerprint density at radius 2 is 1.95 bits per heavy atom. The zero-order valence-corrected chi connectivity index (χ0v) is 13.0. The minimum absolute atomic E-state index is 0.379. The Morgan fingerprint density at radius 3 is 2.60 bits per heavy atom. The number of hydrogen-bond acceptors (Lipinski definition) is 3. The van der Waals surface area contributed by atoms with Crippen molar-refractivity contribution in [1.29, 1.82) is 0 Å². The second-order valence-corrected chi connectivity index (χ2v) is 5.97. The topological polar surface area (TPSA) is 44.8 Å². The second kappa shape index (κ2) is 6.18. The zero-order chi connectivity index (χ0) is 14.7. The summed E-state index contributed by atoms with van der Waals surface area (Å²) in [5.74, 6) is 2.32. The van der Waals surface area contributed by atoms with Crippen LogP contribution in [0.3, 0.4) is 0 Å². The molecule has 1 atom stereocenters. The summed E-state index contributed by atoms with van der Waals surface area (Å²) in [6.45, 7) is 6.56. The summed E-state index contributed by atoms with van der Waals surface area (Å²) in [4.78, 5) is 6.78. The maximum atomic E-state index is 4.59. The molecule has 2 rings (SSSR count). The second-order valence-electron chi connectivity index (χ2n) is 5.97. The van der Waals surface area contributed by atoms with Crippen LogP contribution in [0.15, 0.2) is 24.3 Å². The lowest BCUT2D eigenvalue weighted by Gasteiger charge is -2.20. The van der Waals surface area contributed by atoms with Crippen LogP contribution in [0.2, 0.25) is 0 Å². The minimum atomic E-state index is 0.379. The van der Waals surface area contributed by atoms with Crippen molar-refractivity contribution < 1.29 is 0 Å². The van der Waals surface area contributed by atoms with E-state index in [0.29, 0.717) is 12.0 Å². The van der Waals surface area contributed by atoms with Gasteiger partial charge in [0.05, 0.1) is 0 Å².